The van der Waals surface area contributed by atoms with Crippen molar-refractivity contribution in [3.05, 3.63) is 47.5 Å². The summed E-state index contributed by atoms with van der Waals surface area (Å²) in [6.45, 7) is 2.61. The Morgan fingerprint density at radius 1 is 1.32 bits per heavy atom. The van der Waals surface area contributed by atoms with E-state index in [2.05, 4.69) is 15.4 Å². The maximum Gasteiger partial charge on any atom is 0.138 e. The van der Waals surface area contributed by atoms with Gasteiger partial charge in [0.25, 0.3) is 0 Å². The molecular weight excluding hydrogens is 250 g/mol. The Labute approximate surface area is 110 Å². The van der Waals surface area contributed by atoms with E-state index >= 15 is 0 Å². The molecule has 1 aromatic heterocycles. The fourth-order valence-electron chi connectivity index (χ4n) is 2.08. The quantitative estimate of drug-likeness (QED) is 0.901. The van der Waals surface area contributed by atoms with Crippen molar-refractivity contribution in [2.75, 3.05) is 7.05 Å². The number of hydrogen-bond donors (Lipinski definition) is 1. The number of aryl methyl sites for hydroxylation is 1. The lowest BCUT2D eigenvalue weighted by Crippen LogP contribution is -2.23. The van der Waals surface area contributed by atoms with Gasteiger partial charge in [-0.25, -0.2) is 13.8 Å². The second kappa shape index (κ2) is 5.88. The van der Waals surface area contributed by atoms with E-state index in [0.29, 0.717) is 18.8 Å². The molecule has 0 radical (unpaired) electrons. The molecule has 1 aromatic carbocycles. The molecule has 0 aliphatic rings. The van der Waals surface area contributed by atoms with Gasteiger partial charge in [0, 0.05) is 24.6 Å². The van der Waals surface area contributed by atoms with E-state index in [1.54, 1.807) is 11.7 Å². The van der Waals surface area contributed by atoms with E-state index in [4.69, 9.17) is 0 Å². The number of aromatic nitrogens is 3. The minimum atomic E-state index is -0.554. The van der Waals surface area contributed by atoms with Crippen LogP contribution in [0, 0.1) is 11.6 Å². The Kier molecular flexibility index (Phi) is 4.21. The lowest BCUT2D eigenvalue weighted by atomic mass is 10.0. The van der Waals surface area contributed by atoms with E-state index in [1.807, 2.05) is 6.92 Å². The fraction of sp³-hybridized carbons (Fsp3) is 0.385. The Hall–Kier alpha value is -1.82. The van der Waals surface area contributed by atoms with Crippen LogP contribution >= 0.6 is 0 Å². The first-order valence-electron chi connectivity index (χ1n) is 6.15. The van der Waals surface area contributed by atoms with Crippen LogP contribution in [0.5, 0.6) is 0 Å². The van der Waals surface area contributed by atoms with Crippen LogP contribution in [0.3, 0.4) is 0 Å². The number of likely N-dealkylation sites (N-methyl/N-ethyl adjacent to an activating group) is 1. The lowest BCUT2D eigenvalue weighted by molar-refractivity contribution is 0.472. The van der Waals surface area contributed by atoms with Gasteiger partial charge in [0.15, 0.2) is 0 Å². The number of nitrogens with zero attached hydrogens (tertiary/aromatic N) is 3. The van der Waals surface area contributed by atoms with E-state index < -0.39 is 17.7 Å². The standard InChI is InChI=1S/C13H16F2N4/c1-3-19-12(17-8-18-19)7-11(16-2)13-9(14)5-4-6-10(13)15/h4-6,8,11,16H,3,7H2,1-2H3. The SMILES string of the molecule is CCn1ncnc1CC(NC)c1c(F)cccc1F. The molecule has 0 bridgehead atoms. The van der Waals surface area contributed by atoms with Gasteiger partial charge in [-0.15, -0.1) is 0 Å². The molecule has 2 aromatic rings. The first-order valence-corrected chi connectivity index (χ1v) is 6.15. The van der Waals surface area contributed by atoms with Crippen LogP contribution < -0.4 is 5.32 Å². The molecule has 6 heteroatoms. The summed E-state index contributed by atoms with van der Waals surface area (Å²) in [5, 5.41) is 6.98. The van der Waals surface area contributed by atoms with Crippen molar-refractivity contribution in [1.82, 2.24) is 20.1 Å². The largest absolute Gasteiger partial charge is 0.312 e. The van der Waals surface area contributed by atoms with Gasteiger partial charge in [0.1, 0.15) is 23.8 Å². The number of hydrogen-bond acceptors (Lipinski definition) is 3. The van der Waals surface area contributed by atoms with Crippen molar-refractivity contribution >= 4 is 0 Å². The van der Waals surface area contributed by atoms with Crippen LogP contribution in [-0.4, -0.2) is 21.8 Å². The molecule has 0 saturated heterocycles. The summed E-state index contributed by atoms with van der Waals surface area (Å²) < 4.78 is 29.3. The topological polar surface area (TPSA) is 42.7 Å². The minimum absolute atomic E-state index is 0.0376. The molecular formula is C13H16F2N4. The zero-order valence-electron chi connectivity index (χ0n) is 10.9. The van der Waals surface area contributed by atoms with Crippen molar-refractivity contribution in [2.24, 2.45) is 0 Å². The second-order valence-electron chi connectivity index (χ2n) is 4.17. The van der Waals surface area contributed by atoms with Gasteiger partial charge < -0.3 is 5.32 Å². The highest BCUT2D eigenvalue weighted by molar-refractivity contribution is 5.24. The van der Waals surface area contributed by atoms with Crippen LogP contribution in [-0.2, 0) is 13.0 Å². The third kappa shape index (κ3) is 2.78. The zero-order chi connectivity index (χ0) is 13.8. The third-order valence-electron chi connectivity index (χ3n) is 3.08. The van der Waals surface area contributed by atoms with Gasteiger partial charge in [-0.2, -0.15) is 5.10 Å². The van der Waals surface area contributed by atoms with Gasteiger partial charge in [-0.05, 0) is 26.1 Å². The molecule has 0 saturated carbocycles. The Bertz CT molecular complexity index is 533. The van der Waals surface area contributed by atoms with Crippen LogP contribution in [0.2, 0.25) is 0 Å². The average Bonchev–Trinajstić information content (AvgIpc) is 2.84. The summed E-state index contributed by atoms with van der Waals surface area (Å²) in [5.41, 5.74) is 0.0376. The van der Waals surface area contributed by atoms with Crippen molar-refractivity contribution in [3.63, 3.8) is 0 Å². The van der Waals surface area contributed by atoms with Gasteiger partial charge >= 0.3 is 0 Å². The first-order chi connectivity index (χ1) is 9.17. The second-order valence-corrected chi connectivity index (χ2v) is 4.17. The maximum absolute atomic E-state index is 13.8. The molecule has 19 heavy (non-hydrogen) atoms. The van der Waals surface area contributed by atoms with Crippen LogP contribution in [0.1, 0.15) is 24.4 Å². The van der Waals surface area contributed by atoms with E-state index in [9.17, 15) is 8.78 Å². The Balaban J connectivity index is 2.30. The summed E-state index contributed by atoms with van der Waals surface area (Å²) in [5.74, 6) is -0.409. The molecule has 2 rings (SSSR count). The minimum Gasteiger partial charge on any atom is -0.312 e. The molecule has 0 fully saturated rings. The molecule has 1 heterocycles. The molecule has 4 nitrogen and oxygen atoms in total. The predicted molar refractivity (Wildman–Crippen MR) is 67.6 cm³/mol. The van der Waals surface area contributed by atoms with Gasteiger partial charge in [-0.1, -0.05) is 6.07 Å². The zero-order valence-corrected chi connectivity index (χ0v) is 10.9. The number of halogens is 2. The highest BCUT2D eigenvalue weighted by Crippen LogP contribution is 2.23. The molecule has 0 aliphatic heterocycles. The van der Waals surface area contributed by atoms with E-state index in [-0.39, 0.29) is 5.56 Å². The highest BCUT2D eigenvalue weighted by Gasteiger charge is 2.20. The van der Waals surface area contributed by atoms with Gasteiger partial charge in [0.2, 0.25) is 0 Å². The van der Waals surface area contributed by atoms with Crippen molar-refractivity contribution < 1.29 is 8.78 Å². The molecule has 1 atom stereocenters. The van der Waals surface area contributed by atoms with Crippen LogP contribution in [0.25, 0.3) is 0 Å². The number of nitrogens with one attached hydrogen (secondary N) is 1. The molecule has 1 N–H and O–H groups in total. The van der Waals surface area contributed by atoms with E-state index in [1.165, 1.54) is 24.5 Å². The summed E-state index contributed by atoms with van der Waals surface area (Å²) in [6.07, 6.45) is 1.82. The first kappa shape index (κ1) is 13.6. The van der Waals surface area contributed by atoms with Crippen molar-refractivity contribution in [3.8, 4) is 0 Å². The molecule has 0 spiro atoms. The monoisotopic (exact) mass is 266 g/mol. The summed E-state index contributed by atoms with van der Waals surface area (Å²) >= 11 is 0. The van der Waals surface area contributed by atoms with Gasteiger partial charge in [-0.3, -0.25) is 4.68 Å². The smallest absolute Gasteiger partial charge is 0.138 e. The molecule has 0 aliphatic carbocycles. The molecule has 1 unspecified atom stereocenters. The summed E-state index contributed by atoms with van der Waals surface area (Å²) in [7, 11) is 1.67. The normalized spacial score (nSPS) is 12.6. The van der Waals surface area contributed by atoms with E-state index in [0.717, 1.165) is 0 Å². The van der Waals surface area contributed by atoms with Crippen molar-refractivity contribution in [1.29, 1.82) is 0 Å². The Morgan fingerprint density at radius 2 is 2.00 bits per heavy atom. The predicted octanol–water partition coefficient (Wildman–Crippen LogP) is 2.08. The lowest BCUT2D eigenvalue weighted by Gasteiger charge is -2.17. The number of rotatable bonds is 5. The average molecular weight is 266 g/mol. The maximum atomic E-state index is 13.8. The Morgan fingerprint density at radius 3 is 2.58 bits per heavy atom. The summed E-state index contributed by atoms with van der Waals surface area (Å²) in [4.78, 5) is 4.13. The van der Waals surface area contributed by atoms with Gasteiger partial charge in [0.05, 0.1) is 0 Å². The highest BCUT2D eigenvalue weighted by atomic mass is 19.1. The number of benzene rings is 1. The molecule has 102 valence electrons. The van der Waals surface area contributed by atoms with Crippen LogP contribution in [0.4, 0.5) is 8.78 Å². The van der Waals surface area contributed by atoms with Crippen molar-refractivity contribution in [2.45, 2.75) is 25.9 Å². The summed E-state index contributed by atoms with van der Waals surface area (Å²) in [6, 6.07) is 3.39. The molecule has 0 amide bonds. The fourth-order valence-corrected chi connectivity index (χ4v) is 2.08. The third-order valence-corrected chi connectivity index (χ3v) is 3.08. The van der Waals surface area contributed by atoms with Crippen LogP contribution in [0.15, 0.2) is 24.5 Å².